The zero-order valence-electron chi connectivity index (χ0n) is 25.2. The van der Waals surface area contributed by atoms with Crippen LogP contribution in [0.25, 0.3) is 0 Å². The average molecular weight is 547 g/mol. The van der Waals surface area contributed by atoms with E-state index in [1.165, 1.54) is 13.8 Å². The molecule has 0 aromatic rings. The molecule has 4 rings (SSSR count). The van der Waals surface area contributed by atoms with Gasteiger partial charge in [0.05, 0.1) is 12.7 Å². The highest BCUT2D eigenvalue weighted by Crippen LogP contribution is 2.71. The number of Topliss-reactive ketones (excluding diaryl/α,β-unsaturated/α-hetero) is 2. The summed E-state index contributed by atoms with van der Waals surface area (Å²) in [5.41, 5.74) is -1.69. The second-order valence-electron chi connectivity index (χ2n) is 14.9. The van der Waals surface area contributed by atoms with Gasteiger partial charge in [0.1, 0.15) is 11.7 Å². The first-order valence-corrected chi connectivity index (χ1v) is 14.9. The number of allylic oxidation sites excluding steroid dienone is 2. The Morgan fingerprint density at radius 1 is 1.05 bits per heavy atom. The summed E-state index contributed by atoms with van der Waals surface area (Å²) in [4.78, 5) is 40.1. The number of carbonyl (C=O) groups excluding carboxylic acids is 3. The quantitative estimate of drug-likeness (QED) is 0.401. The van der Waals surface area contributed by atoms with Crippen molar-refractivity contribution in [1.29, 1.82) is 0 Å². The highest BCUT2D eigenvalue weighted by molar-refractivity contribution is 6.11. The van der Waals surface area contributed by atoms with E-state index in [0.717, 1.165) is 24.0 Å². The van der Waals surface area contributed by atoms with Gasteiger partial charge in [0.2, 0.25) is 0 Å². The van der Waals surface area contributed by atoms with Gasteiger partial charge in [-0.25, -0.2) is 0 Å². The SMILES string of the molecule is CC(=O)O[C@H]1CC[C@]2(C)C3=C(C(=O)C[C@H]2C1(C)C)[C@]1(C)CC[C@H]([C@H](C)CCC(O)C(C)(O)CO)[C@@]1(C)CC3=O. The molecule has 0 spiro atoms. The molecule has 0 amide bonds. The van der Waals surface area contributed by atoms with Crippen molar-refractivity contribution in [3.05, 3.63) is 11.1 Å². The maximum Gasteiger partial charge on any atom is 0.302 e. The van der Waals surface area contributed by atoms with E-state index in [0.29, 0.717) is 38.5 Å². The molecule has 220 valence electrons. The van der Waals surface area contributed by atoms with Crippen molar-refractivity contribution in [3.63, 3.8) is 0 Å². The van der Waals surface area contributed by atoms with Crippen LogP contribution in [-0.4, -0.2) is 57.3 Å². The van der Waals surface area contributed by atoms with Gasteiger partial charge in [-0.15, -0.1) is 0 Å². The number of hydrogen-bond acceptors (Lipinski definition) is 7. The second kappa shape index (κ2) is 9.77. The predicted molar refractivity (Wildman–Crippen MR) is 147 cm³/mol. The smallest absolute Gasteiger partial charge is 0.302 e. The molecule has 0 radical (unpaired) electrons. The summed E-state index contributed by atoms with van der Waals surface area (Å²) < 4.78 is 5.71. The van der Waals surface area contributed by atoms with Gasteiger partial charge < -0.3 is 20.1 Å². The summed E-state index contributed by atoms with van der Waals surface area (Å²) in [5, 5.41) is 30.1. The summed E-state index contributed by atoms with van der Waals surface area (Å²) in [6.45, 7) is 15.2. The van der Waals surface area contributed by atoms with Crippen LogP contribution in [0, 0.1) is 39.4 Å². The van der Waals surface area contributed by atoms with Crippen molar-refractivity contribution in [2.45, 2.75) is 125 Å². The first kappa shape index (κ1) is 30.4. The van der Waals surface area contributed by atoms with Crippen LogP contribution in [0.5, 0.6) is 0 Å². The molecule has 0 saturated heterocycles. The largest absolute Gasteiger partial charge is 0.462 e. The fraction of sp³-hybridized carbons (Fsp3) is 0.844. The van der Waals surface area contributed by atoms with E-state index >= 15 is 0 Å². The topological polar surface area (TPSA) is 121 Å². The molecule has 0 aliphatic heterocycles. The molecule has 9 atom stereocenters. The van der Waals surface area contributed by atoms with Crippen LogP contribution in [0.2, 0.25) is 0 Å². The molecule has 4 aliphatic rings. The minimum atomic E-state index is -1.54. The molecule has 2 fully saturated rings. The Bertz CT molecular complexity index is 1070. The monoisotopic (exact) mass is 546 g/mol. The fourth-order valence-corrected chi connectivity index (χ4v) is 9.54. The standard InChI is InChI=1S/C32H50O7/c1-18(9-10-24(37)32(8,38)17-33)20-11-14-30(6)27-21(35)15-23-28(3,4)25(39-19(2)34)12-13-29(23,5)26(27)22(36)16-31(20,30)7/h18,20,23-25,33,37-38H,9-17H2,1-8H3/t18-,20-,23+,24?,25+,29+,30+,31-,32?/m1/s1. The number of hydrogen-bond donors (Lipinski definition) is 3. The molecule has 7 heteroatoms. The molecule has 0 aromatic heterocycles. The Labute approximate surface area is 233 Å². The third-order valence-electron chi connectivity index (χ3n) is 12.2. The van der Waals surface area contributed by atoms with Crippen LogP contribution in [0.3, 0.4) is 0 Å². The van der Waals surface area contributed by atoms with E-state index in [9.17, 15) is 29.7 Å². The van der Waals surface area contributed by atoms with E-state index in [1.54, 1.807) is 0 Å². The number of ketones is 2. The Balaban J connectivity index is 1.68. The summed E-state index contributed by atoms with van der Waals surface area (Å²) in [6, 6.07) is 0. The Kier molecular flexibility index (Phi) is 7.61. The van der Waals surface area contributed by atoms with E-state index in [4.69, 9.17) is 4.74 Å². The maximum absolute atomic E-state index is 14.2. The second-order valence-corrected chi connectivity index (χ2v) is 14.9. The summed E-state index contributed by atoms with van der Waals surface area (Å²) in [5.74, 6) is 0.151. The van der Waals surface area contributed by atoms with Crippen LogP contribution in [0.1, 0.15) is 107 Å². The fourth-order valence-electron chi connectivity index (χ4n) is 9.54. The van der Waals surface area contributed by atoms with E-state index in [-0.39, 0.29) is 46.8 Å². The lowest BCUT2D eigenvalue weighted by molar-refractivity contribution is -0.169. The Morgan fingerprint density at radius 2 is 1.69 bits per heavy atom. The number of rotatable bonds is 7. The van der Waals surface area contributed by atoms with Crippen LogP contribution >= 0.6 is 0 Å². The number of ether oxygens (including phenoxy) is 1. The Hall–Kier alpha value is -1.57. The van der Waals surface area contributed by atoms with Crippen molar-refractivity contribution >= 4 is 17.5 Å². The molecule has 0 bridgehead atoms. The zero-order valence-corrected chi connectivity index (χ0v) is 25.2. The number of carbonyl (C=O) groups is 3. The van der Waals surface area contributed by atoms with Gasteiger partial charge in [0.15, 0.2) is 11.6 Å². The molecular formula is C32H50O7. The van der Waals surface area contributed by atoms with Crippen LogP contribution in [0.4, 0.5) is 0 Å². The number of fused-ring (bicyclic) bond motifs is 4. The number of esters is 1. The van der Waals surface area contributed by atoms with E-state index < -0.39 is 34.6 Å². The van der Waals surface area contributed by atoms with Crippen LogP contribution < -0.4 is 0 Å². The van der Waals surface area contributed by atoms with Gasteiger partial charge in [0, 0.05) is 47.2 Å². The number of aliphatic hydroxyl groups excluding tert-OH is 2. The average Bonchev–Trinajstić information content (AvgIpc) is 3.11. The third-order valence-corrected chi connectivity index (χ3v) is 12.2. The maximum atomic E-state index is 14.2. The van der Waals surface area contributed by atoms with E-state index in [2.05, 4.69) is 41.5 Å². The molecule has 2 saturated carbocycles. The molecule has 39 heavy (non-hydrogen) atoms. The highest BCUT2D eigenvalue weighted by Gasteiger charge is 2.67. The summed E-state index contributed by atoms with van der Waals surface area (Å²) in [7, 11) is 0. The minimum absolute atomic E-state index is 0.0773. The van der Waals surface area contributed by atoms with Gasteiger partial charge in [-0.05, 0) is 68.6 Å². The highest BCUT2D eigenvalue weighted by atomic mass is 16.5. The zero-order chi connectivity index (χ0) is 29.3. The van der Waals surface area contributed by atoms with Gasteiger partial charge in [0.25, 0.3) is 0 Å². The van der Waals surface area contributed by atoms with Gasteiger partial charge in [-0.1, -0.05) is 41.5 Å². The minimum Gasteiger partial charge on any atom is -0.462 e. The lowest BCUT2D eigenvalue weighted by atomic mass is 9.42. The summed E-state index contributed by atoms with van der Waals surface area (Å²) in [6.07, 6.45) is 3.60. The predicted octanol–water partition coefficient (Wildman–Crippen LogP) is 4.55. The first-order chi connectivity index (χ1) is 17.9. The van der Waals surface area contributed by atoms with Crippen molar-refractivity contribution in [2.24, 2.45) is 39.4 Å². The van der Waals surface area contributed by atoms with Crippen LogP contribution in [-0.2, 0) is 19.1 Å². The van der Waals surface area contributed by atoms with Gasteiger partial charge in [-0.3, -0.25) is 14.4 Å². The number of aliphatic hydroxyl groups is 3. The molecule has 2 unspecified atom stereocenters. The lowest BCUT2D eigenvalue weighted by Gasteiger charge is -2.60. The van der Waals surface area contributed by atoms with Gasteiger partial charge in [-0.2, -0.15) is 0 Å². The normalized spacial score (nSPS) is 40.7. The lowest BCUT2D eigenvalue weighted by Crippen LogP contribution is -2.59. The molecule has 4 aliphatic carbocycles. The molecular weight excluding hydrogens is 496 g/mol. The third kappa shape index (κ3) is 4.46. The molecule has 0 aromatic carbocycles. The van der Waals surface area contributed by atoms with Crippen LogP contribution in [0.15, 0.2) is 11.1 Å². The molecule has 7 nitrogen and oxygen atoms in total. The Morgan fingerprint density at radius 3 is 2.28 bits per heavy atom. The van der Waals surface area contributed by atoms with Crippen molar-refractivity contribution in [1.82, 2.24) is 0 Å². The van der Waals surface area contributed by atoms with Crippen molar-refractivity contribution in [2.75, 3.05) is 6.61 Å². The first-order valence-electron chi connectivity index (χ1n) is 14.9. The van der Waals surface area contributed by atoms with E-state index in [1.807, 2.05) is 0 Å². The summed E-state index contributed by atoms with van der Waals surface area (Å²) >= 11 is 0. The molecule has 0 heterocycles. The van der Waals surface area contributed by atoms with Crippen molar-refractivity contribution < 1.29 is 34.4 Å². The molecule has 3 N–H and O–H groups in total. The van der Waals surface area contributed by atoms with Crippen molar-refractivity contribution in [3.8, 4) is 0 Å². The van der Waals surface area contributed by atoms with Gasteiger partial charge >= 0.3 is 5.97 Å².